The van der Waals surface area contributed by atoms with Crippen LogP contribution in [0.1, 0.15) is 30.3 Å². The molecular formula is C16H21N3. The number of nitrogens with zero attached hydrogens (tertiary/aromatic N) is 2. The first-order valence-electron chi connectivity index (χ1n) is 7.07. The van der Waals surface area contributed by atoms with Gasteiger partial charge >= 0.3 is 0 Å². The molecule has 1 atom stereocenters. The lowest BCUT2D eigenvalue weighted by atomic mass is 9.96. The van der Waals surface area contributed by atoms with Gasteiger partial charge in [-0.3, -0.25) is 0 Å². The molecule has 0 bridgehead atoms. The number of hydrogen-bond donors (Lipinski definition) is 1. The lowest BCUT2D eigenvalue weighted by Gasteiger charge is -2.24. The summed E-state index contributed by atoms with van der Waals surface area (Å²) in [5.41, 5.74) is 4.20. The smallest absolute Gasteiger partial charge is 0.108 e. The summed E-state index contributed by atoms with van der Waals surface area (Å²) in [5.74, 6) is 1.16. The highest BCUT2D eigenvalue weighted by molar-refractivity contribution is 5.55. The molecule has 0 amide bonds. The third kappa shape index (κ3) is 2.65. The Labute approximate surface area is 114 Å². The van der Waals surface area contributed by atoms with E-state index in [0.717, 1.165) is 18.7 Å². The average Bonchev–Trinajstić information content (AvgIpc) is 2.82. The van der Waals surface area contributed by atoms with E-state index >= 15 is 0 Å². The Bertz CT molecular complexity index is 571. The van der Waals surface area contributed by atoms with E-state index < -0.39 is 0 Å². The van der Waals surface area contributed by atoms with Crippen molar-refractivity contribution in [3.05, 3.63) is 47.5 Å². The lowest BCUT2D eigenvalue weighted by molar-refractivity contribution is 0.679. The predicted molar refractivity (Wildman–Crippen MR) is 78.5 cm³/mol. The molecule has 1 aliphatic rings. The molecule has 1 aliphatic heterocycles. The number of fused-ring (bicyclic) bond motifs is 1. The summed E-state index contributed by atoms with van der Waals surface area (Å²) in [7, 11) is 2.06. The van der Waals surface area contributed by atoms with E-state index in [1.807, 2.05) is 12.4 Å². The zero-order valence-corrected chi connectivity index (χ0v) is 11.7. The van der Waals surface area contributed by atoms with Gasteiger partial charge in [0.1, 0.15) is 5.82 Å². The highest BCUT2D eigenvalue weighted by Gasteiger charge is 2.14. The highest BCUT2D eigenvalue weighted by Crippen LogP contribution is 2.26. The molecule has 0 saturated carbocycles. The second-order valence-corrected chi connectivity index (χ2v) is 5.53. The van der Waals surface area contributed by atoms with Crippen LogP contribution in [0.2, 0.25) is 0 Å². The Morgan fingerprint density at radius 2 is 2.26 bits per heavy atom. The SMILES string of the molecule is CC1CCc2cc(CCc3nccn3C)ccc2N1. The van der Waals surface area contributed by atoms with Crippen LogP contribution in [0.15, 0.2) is 30.6 Å². The van der Waals surface area contributed by atoms with Gasteiger partial charge in [0.15, 0.2) is 0 Å². The van der Waals surface area contributed by atoms with Gasteiger partial charge in [0.25, 0.3) is 0 Å². The molecule has 19 heavy (non-hydrogen) atoms. The summed E-state index contributed by atoms with van der Waals surface area (Å²) >= 11 is 0. The number of benzene rings is 1. The van der Waals surface area contributed by atoms with Gasteiger partial charge in [0.05, 0.1) is 0 Å². The van der Waals surface area contributed by atoms with E-state index in [-0.39, 0.29) is 0 Å². The fourth-order valence-electron chi connectivity index (χ4n) is 2.75. The van der Waals surface area contributed by atoms with Crippen LogP contribution in [-0.4, -0.2) is 15.6 Å². The van der Waals surface area contributed by atoms with E-state index in [4.69, 9.17) is 0 Å². The molecule has 2 heterocycles. The monoisotopic (exact) mass is 255 g/mol. The minimum absolute atomic E-state index is 0.603. The van der Waals surface area contributed by atoms with Gasteiger partial charge in [-0.1, -0.05) is 12.1 Å². The highest BCUT2D eigenvalue weighted by atomic mass is 15.0. The summed E-state index contributed by atoms with van der Waals surface area (Å²) in [6.07, 6.45) is 8.37. The van der Waals surface area contributed by atoms with Crippen LogP contribution in [0.4, 0.5) is 5.69 Å². The van der Waals surface area contributed by atoms with Crippen molar-refractivity contribution in [2.75, 3.05) is 5.32 Å². The van der Waals surface area contributed by atoms with E-state index in [9.17, 15) is 0 Å². The van der Waals surface area contributed by atoms with E-state index in [2.05, 4.69) is 47.0 Å². The Balaban J connectivity index is 1.71. The van der Waals surface area contributed by atoms with Crippen molar-refractivity contribution in [3.63, 3.8) is 0 Å². The molecule has 0 fully saturated rings. The Hall–Kier alpha value is -1.77. The largest absolute Gasteiger partial charge is 0.382 e. The molecular weight excluding hydrogens is 234 g/mol. The van der Waals surface area contributed by atoms with Crippen LogP contribution in [0, 0.1) is 0 Å². The van der Waals surface area contributed by atoms with Gasteiger partial charge in [0.2, 0.25) is 0 Å². The zero-order chi connectivity index (χ0) is 13.2. The second kappa shape index (κ2) is 5.08. The Kier molecular flexibility index (Phi) is 3.28. The summed E-state index contributed by atoms with van der Waals surface area (Å²) < 4.78 is 2.10. The number of nitrogens with one attached hydrogen (secondary N) is 1. The number of anilines is 1. The molecule has 3 rings (SSSR count). The van der Waals surface area contributed by atoms with Crippen LogP contribution >= 0.6 is 0 Å². The van der Waals surface area contributed by atoms with Crippen LogP contribution in [0.5, 0.6) is 0 Å². The summed E-state index contributed by atoms with van der Waals surface area (Å²) in [4.78, 5) is 4.38. The minimum atomic E-state index is 0.603. The third-order valence-corrected chi connectivity index (χ3v) is 3.98. The van der Waals surface area contributed by atoms with E-state index in [1.165, 1.54) is 29.7 Å². The first-order valence-corrected chi connectivity index (χ1v) is 7.07. The molecule has 1 N–H and O–H groups in total. The zero-order valence-electron chi connectivity index (χ0n) is 11.7. The Morgan fingerprint density at radius 1 is 1.37 bits per heavy atom. The Morgan fingerprint density at radius 3 is 3.05 bits per heavy atom. The van der Waals surface area contributed by atoms with Gasteiger partial charge in [-0.15, -0.1) is 0 Å². The maximum Gasteiger partial charge on any atom is 0.108 e. The maximum atomic E-state index is 4.38. The summed E-state index contributed by atoms with van der Waals surface area (Å²) in [5, 5.41) is 3.55. The van der Waals surface area contributed by atoms with Gasteiger partial charge in [-0.05, 0) is 43.4 Å². The van der Waals surface area contributed by atoms with Crippen molar-refractivity contribution in [2.45, 2.75) is 38.6 Å². The number of aryl methyl sites for hydroxylation is 4. The molecule has 1 aromatic carbocycles. The first kappa shape index (κ1) is 12.3. The van der Waals surface area contributed by atoms with E-state index in [0.29, 0.717) is 6.04 Å². The first-order chi connectivity index (χ1) is 9.22. The van der Waals surface area contributed by atoms with Crippen molar-refractivity contribution in [3.8, 4) is 0 Å². The molecule has 0 radical (unpaired) electrons. The van der Waals surface area contributed by atoms with Crippen LogP contribution in [0.3, 0.4) is 0 Å². The van der Waals surface area contributed by atoms with Crippen LogP contribution in [-0.2, 0) is 26.3 Å². The molecule has 100 valence electrons. The fourth-order valence-corrected chi connectivity index (χ4v) is 2.75. The topological polar surface area (TPSA) is 29.9 Å². The van der Waals surface area contributed by atoms with Crippen molar-refractivity contribution >= 4 is 5.69 Å². The predicted octanol–water partition coefficient (Wildman–Crippen LogP) is 2.95. The van der Waals surface area contributed by atoms with E-state index in [1.54, 1.807) is 0 Å². The molecule has 0 saturated heterocycles. The lowest BCUT2D eigenvalue weighted by Crippen LogP contribution is -2.21. The van der Waals surface area contributed by atoms with Crippen molar-refractivity contribution < 1.29 is 0 Å². The molecule has 1 unspecified atom stereocenters. The number of hydrogen-bond acceptors (Lipinski definition) is 2. The molecule has 0 spiro atoms. The number of rotatable bonds is 3. The van der Waals surface area contributed by atoms with Crippen LogP contribution < -0.4 is 5.32 Å². The minimum Gasteiger partial charge on any atom is -0.382 e. The normalized spacial score (nSPS) is 17.9. The molecule has 3 heteroatoms. The van der Waals surface area contributed by atoms with Gasteiger partial charge in [0, 0.05) is 37.6 Å². The van der Waals surface area contributed by atoms with Gasteiger partial charge < -0.3 is 9.88 Å². The quantitative estimate of drug-likeness (QED) is 0.914. The third-order valence-electron chi connectivity index (χ3n) is 3.98. The van der Waals surface area contributed by atoms with Crippen LogP contribution in [0.25, 0.3) is 0 Å². The second-order valence-electron chi connectivity index (χ2n) is 5.53. The molecule has 0 aliphatic carbocycles. The standard InChI is InChI=1S/C16H21N3/c1-12-3-6-14-11-13(4-7-15(14)18-12)5-8-16-17-9-10-19(16)2/h4,7,9-12,18H,3,5-6,8H2,1-2H3. The van der Waals surface area contributed by atoms with Crippen molar-refractivity contribution in [1.82, 2.24) is 9.55 Å². The summed E-state index contributed by atoms with van der Waals surface area (Å²) in [6, 6.07) is 7.44. The molecule has 3 nitrogen and oxygen atoms in total. The summed E-state index contributed by atoms with van der Waals surface area (Å²) in [6.45, 7) is 2.25. The molecule has 1 aromatic heterocycles. The maximum absolute atomic E-state index is 4.38. The number of imidazole rings is 1. The van der Waals surface area contributed by atoms with Crippen molar-refractivity contribution in [1.29, 1.82) is 0 Å². The fraction of sp³-hybridized carbons (Fsp3) is 0.438. The molecule has 2 aromatic rings. The van der Waals surface area contributed by atoms with Crippen molar-refractivity contribution in [2.24, 2.45) is 7.05 Å². The average molecular weight is 255 g/mol. The number of aromatic nitrogens is 2. The van der Waals surface area contributed by atoms with Gasteiger partial charge in [-0.2, -0.15) is 0 Å². The van der Waals surface area contributed by atoms with Gasteiger partial charge in [-0.25, -0.2) is 4.98 Å².